The van der Waals surface area contributed by atoms with Crippen molar-refractivity contribution in [1.82, 2.24) is 24.7 Å². The number of fused-ring (bicyclic) bond motifs is 2. The zero-order valence-electron chi connectivity index (χ0n) is 19.4. The molecule has 0 bridgehead atoms. The number of nitrogens with one attached hydrogen (secondary N) is 2. The monoisotopic (exact) mass is 500 g/mol. The second-order valence-corrected chi connectivity index (χ2v) is 8.77. The molecule has 0 aliphatic heterocycles. The highest BCUT2D eigenvalue weighted by Gasteiger charge is 2.30. The first-order chi connectivity index (χ1) is 17.7. The molecule has 0 saturated heterocycles. The lowest BCUT2D eigenvalue weighted by Gasteiger charge is -2.08. The summed E-state index contributed by atoms with van der Waals surface area (Å²) in [6.07, 6.45) is -2.96. The Morgan fingerprint density at radius 1 is 0.919 bits per heavy atom. The van der Waals surface area contributed by atoms with Gasteiger partial charge in [-0.3, -0.25) is 4.79 Å². The predicted molar refractivity (Wildman–Crippen MR) is 135 cm³/mol. The maximum atomic E-state index is 13.3. The van der Waals surface area contributed by atoms with Gasteiger partial charge in [0.15, 0.2) is 0 Å². The zero-order valence-corrected chi connectivity index (χ0v) is 19.4. The molecule has 0 aliphatic rings. The van der Waals surface area contributed by atoms with Gasteiger partial charge in [0.1, 0.15) is 11.6 Å². The number of alkyl halides is 3. The molecule has 0 saturated carbocycles. The number of halogens is 3. The van der Waals surface area contributed by atoms with Gasteiger partial charge in [-0.05, 0) is 66.6 Å². The first-order valence-electron chi connectivity index (χ1n) is 11.3. The van der Waals surface area contributed by atoms with E-state index < -0.39 is 11.7 Å². The van der Waals surface area contributed by atoms with Crippen molar-refractivity contribution in [3.63, 3.8) is 0 Å². The van der Waals surface area contributed by atoms with Crippen LogP contribution in [-0.2, 0) is 6.18 Å². The van der Waals surface area contributed by atoms with E-state index in [9.17, 15) is 18.0 Å². The summed E-state index contributed by atoms with van der Waals surface area (Å²) in [5, 5.41) is 5.06. The smallest absolute Gasteiger partial charge is 0.383 e. The molecule has 37 heavy (non-hydrogen) atoms. The van der Waals surface area contributed by atoms with Crippen LogP contribution in [0.4, 0.5) is 19.0 Å². The molecular formula is C27H19F3N6O. The third kappa shape index (κ3) is 3.92. The van der Waals surface area contributed by atoms with Crippen molar-refractivity contribution in [3.8, 4) is 16.8 Å². The van der Waals surface area contributed by atoms with Gasteiger partial charge >= 0.3 is 6.18 Å². The highest BCUT2D eigenvalue weighted by molar-refractivity contribution is 6.12. The van der Waals surface area contributed by atoms with Crippen LogP contribution < -0.4 is 5.73 Å². The summed E-state index contributed by atoms with van der Waals surface area (Å²) < 4.78 is 40.1. The van der Waals surface area contributed by atoms with Crippen LogP contribution in [-0.4, -0.2) is 30.5 Å². The van der Waals surface area contributed by atoms with E-state index in [1.54, 1.807) is 18.2 Å². The summed E-state index contributed by atoms with van der Waals surface area (Å²) in [6, 6.07) is 17.6. The van der Waals surface area contributed by atoms with E-state index in [0.717, 1.165) is 39.9 Å². The number of rotatable bonds is 4. The number of anilines is 1. The van der Waals surface area contributed by atoms with Gasteiger partial charge < -0.3 is 15.7 Å². The Labute approximate surface area is 207 Å². The van der Waals surface area contributed by atoms with E-state index in [-0.39, 0.29) is 17.2 Å². The number of imidazole rings is 1. The Morgan fingerprint density at radius 2 is 1.68 bits per heavy atom. The summed E-state index contributed by atoms with van der Waals surface area (Å²) in [6.45, 7) is 1.87. The Hall–Kier alpha value is -4.86. The minimum absolute atomic E-state index is 0.199. The number of nitrogen functional groups attached to an aromatic ring is 1. The number of H-pyrrole nitrogens is 2. The molecule has 184 valence electrons. The first-order valence-corrected chi connectivity index (χ1v) is 11.3. The van der Waals surface area contributed by atoms with Crippen molar-refractivity contribution in [2.75, 3.05) is 5.73 Å². The molecule has 4 N–H and O–H groups in total. The maximum Gasteiger partial charge on any atom is 0.416 e. The van der Waals surface area contributed by atoms with Crippen molar-refractivity contribution in [1.29, 1.82) is 0 Å². The second kappa shape index (κ2) is 8.09. The topological polar surface area (TPSA) is 105 Å². The molecule has 7 nitrogen and oxygen atoms in total. The highest BCUT2D eigenvalue weighted by atomic mass is 19.4. The van der Waals surface area contributed by atoms with Crippen molar-refractivity contribution in [3.05, 3.63) is 95.6 Å². The molecule has 0 fully saturated rings. The Balaban J connectivity index is 1.31. The van der Waals surface area contributed by atoms with Gasteiger partial charge in [-0.2, -0.15) is 18.3 Å². The number of ketones is 1. The Bertz CT molecular complexity index is 1810. The number of aromatic amines is 2. The standard InChI is InChI=1S/C27H19F3N6O/c1-14-33-22-9-7-19(12-23(22)34-14)36-26(31)20(13-32-36)25(37)24-11-17-10-16(4-8-21(17)35-24)15-2-5-18(6-3-15)27(28,29)30/h2-13,35H,31H2,1H3,(H,33,34). The summed E-state index contributed by atoms with van der Waals surface area (Å²) in [4.78, 5) is 23.9. The van der Waals surface area contributed by atoms with Gasteiger partial charge in [0.05, 0.1) is 39.7 Å². The second-order valence-electron chi connectivity index (χ2n) is 8.77. The van der Waals surface area contributed by atoms with E-state index in [0.29, 0.717) is 22.5 Å². The van der Waals surface area contributed by atoms with E-state index in [1.165, 1.54) is 23.0 Å². The fourth-order valence-electron chi connectivity index (χ4n) is 4.43. The van der Waals surface area contributed by atoms with Crippen molar-refractivity contribution in [2.45, 2.75) is 13.1 Å². The van der Waals surface area contributed by atoms with E-state index in [4.69, 9.17) is 5.73 Å². The van der Waals surface area contributed by atoms with Crippen LogP contribution in [0.2, 0.25) is 0 Å². The highest BCUT2D eigenvalue weighted by Crippen LogP contribution is 2.32. The Morgan fingerprint density at radius 3 is 2.43 bits per heavy atom. The van der Waals surface area contributed by atoms with Crippen molar-refractivity contribution >= 4 is 33.5 Å². The number of aromatic nitrogens is 5. The number of nitrogens with zero attached hydrogens (tertiary/aromatic N) is 3. The number of benzene rings is 3. The number of hydrogen-bond donors (Lipinski definition) is 3. The van der Waals surface area contributed by atoms with Gasteiger partial charge in [-0.15, -0.1) is 0 Å². The molecule has 6 rings (SSSR count). The molecule has 0 amide bonds. The molecule has 0 atom stereocenters. The van der Waals surface area contributed by atoms with Crippen LogP contribution in [0.1, 0.15) is 27.4 Å². The van der Waals surface area contributed by atoms with Crippen LogP contribution in [0.25, 0.3) is 38.8 Å². The molecule has 0 spiro atoms. The lowest BCUT2D eigenvalue weighted by molar-refractivity contribution is -0.137. The number of aryl methyl sites for hydroxylation is 1. The van der Waals surface area contributed by atoms with Crippen LogP contribution in [0.5, 0.6) is 0 Å². The third-order valence-corrected chi connectivity index (χ3v) is 6.29. The first kappa shape index (κ1) is 22.6. The molecule has 3 aromatic heterocycles. The molecule has 0 radical (unpaired) electrons. The summed E-state index contributed by atoms with van der Waals surface area (Å²) >= 11 is 0. The SMILES string of the molecule is Cc1nc2ccc(-n3ncc(C(=O)c4cc5cc(-c6ccc(C(F)(F)F)cc6)ccc5[nH]4)c3N)cc2[nH]1. The van der Waals surface area contributed by atoms with Crippen LogP contribution in [0.15, 0.2) is 72.9 Å². The molecular weight excluding hydrogens is 481 g/mol. The molecule has 3 heterocycles. The summed E-state index contributed by atoms with van der Waals surface area (Å²) in [7, 11) is 0. The predicted octanol–water partition coefficient (Wildman–Crippen LogP) is 6.04. The van der Waals surface area contributed by atoms with Gasteiger partial charge in [0, 0.05) is 10.9 Å². The lowest BCUT2D eigenvalue weighted by atomic mass is 10.0. The molecule has 6 aromatic rings. The molecule has 10 heteroatoms. The number of carbonyl (C=O) groups is 1. The summed E-state index contributed by atoms with van der Waals surface area (Å²) in [5.41, 5.74) is 10.6. The van der Waals surface area contributed by atoms with Crippen LogP contribution in [0, 0.1) is 6.92 Å². The number of carbonyl (C=O) groups excluding carboxylic acids is 1. The Kier molecular flexibility index (Phi) is 4.94. The van der Waals surface area contributed by atoms with E-state index >= 15 is 0 Å². The third-order valence-electron chi connectivity index (χ3n) is 6.29. The minimum Gasteiger partial charge on any atom is -0.383 e. The maximum absolute atomic E-state index is 13.3. The van der Waals surface area contributed by atoms with Gasteiger partial charge in [0.2, 0.25) is 5.78 Å². The fourth-order valence-corrected chi connectivity index (χ4v) is 4.43. The van der Waals surface area contributed by atoms with Crippen molar-refractivity contribution < 1.29 is 18.0 Å². The van der Waals surface area contributed by atoms with Gasteiger partial charge in [0.25, 0.3) is 0 Å². The average molecular weight is 500 g/mol. The molecule has 3 aromatic carbocycles. The van der Waals surface area contributed by atoms with Crippen LogP contribution >= 0.6 is 0 Å². The van der Waals surface area contributed by atoms with E-state index in [2.05, 4.69) is 20.1 Å². The summed E-state index contributed by atoms with van der Waals surface area (Å²) in [5.74, 6) is 0.663. The minimum atomic E-state index is -4.39. The average Bonchev–Trinajstić information content (AvgIpc) is 3.57. The van der Waals surface area contributed by atoms with E-state index in [1.807, 2.05) is 31.2 Å². The van der Waals surface area contributed by atoms with Crippen molar-refractivity contribution in [2.24, 2.45) is 0 Å². The quantitative estimate of drug-likeness (QED) is 0.257. The molecule has 0 aliphatic carbocycles. The lowest BCUT2D eigenvalue weighted by Crippen LogP contribution is -2.07. The number of nitrogens with two attached hydrogens (primary N) is 1. The fraction of sp³-hybridized carbons (Fsp3) is 0.0741. The van der Waals surface area contributed by atoms with Crippen LogP contribution in [0.3, 0.4) is 0 Å². The zero-order chi connectivity index (χ0) is 25.9. The number of hydrogen-bond acceptors (Lipinski definition) is 4. The van der Waals surface area contributed by atoms with Gasteiger partial charge in [-0.25, -0.2) is 9.67 Å². The largest absolute Gasteiger partial charge is 0.416 e. The normalized spacial score (nSPS) is 12.0. The van der Waals surface area contributed by atoms with Gasteiger partial charge in [-0.1, -0.05) is 18.2 Å². The molecule has 0 unspecified atom stereocenters.